The molecule has 5 heteroatoms. The lowest BCUT2D eigenvalue weighted by Gasteiger charge is -2.50. The maximum Gasteiger partial charge on any atom is 0.251 e. The van der Waals surface area contributed by atoms with Crippen molar-refractivity contribution >= 4 is 11.5 Å². The summed E-state index contributed by atoms with van der Waals surface area (Å²) >= 11 is 0. The van der Waals surface area contributed by atoms with Crippen LogP contribution in [0.15, 0.2) is 42.7 Å². The third-order valence-electron chi connectivity index (χ3n) is 8.14. The van der Waals surface area contributed by atoms with Crippen molar-refractivity contribution < 1.29 is 14.3 Å². The van der Waals surface area contributed by atoms with E-state index >= 15 is 0 Å². The topological polar surface area (TPSA) is 62.2 Å². The van der Waals surface area contributed by atoms with Gasteiger partial charge in [0, 0.05) is 18.3 Å². The number of pyridine rings is 1. The van der Waals surface area contributed by atoms with Crippen LogP contribution in [-0.4, -0.2) is 28.6 Å². The van der Waals surface area contributed by atoms with Crippen LogP contribution >= 0.6 is 0 Å². The van der Waals surface area contributed by atoms with Crippen molar-refractivity contribution in [3.8, 4) is 0 Å². The Morgan fingerprint density at radius 2 is 2.16 bits per heavy atom. The minimum atomic E-state index is -0.554. The van der Waals surface area contributed by atoms with E-state index in [2.05, 4.69) is 29.4 Å². The van der Waals surface area contributed by atoms with Crippen molar-refractivity contribution in [2.24, 2.45) is 17.3 Å². The summed E-state index contributed by atoms with van der Waals surface area (Å²) in [7, 11) is 0. The second-order valence-corrected chi connectivity index (χ2v) is 10.1. The van der Waals surface area contributed by atoms with Gasteiger partial charge in [0.2, 0.25) is 0 Å². The van der Waals surface area contributed by atoms with Crippen LogP contribution in [0.3, 0.4) is 0 Å². The lowest BCUT2D eigenvalue weighted by atomic mass is 9.54. The second kappa shape index (κ2) is 8.11. The molecular weight excluding hydrogens is 403 g/mol. The summed E-state index contributed by atoms with van der Waals surface area (Å²) < 4.78 is 13.9. The van der Waals surface area contributed by atoms with Gasteiger partial charge in [0.25, 0.3) is 5.91 Å². The van der Waals surface area contributed by atoms with Crippen LogP contribution in [0.4, 0.5) is 4.39 Å². The SMILES string of the molecule is C[C@H](O)CNC(=O)c1ccc2c(c1)CC[C@@H]1[C@@H]2CC[C@]2(C)C(c3cncc(F)c3)=CC[C@@H]12. The van der Waals surface area contributed by atoms with Gasteiger partial charge >= 0.3 is 0 Å². The average molecular weight is 435 g/mol. The van der Waals surface area contributed by atoms with Crippen molar-refractivity contribution in [1.82, 2.24) is 10.3 Å². The number of rotatable bonds is 4. The predicted octanol–water partition coefficient (Wildman–Crippen LogP) is 4.88. The van der Waals surface area contributed by atoms with Gasteiger partial charge in [-0.3, -0.25) is 9.78 Å². The summed E-state index contributed by atoms with van der Waals surface area (Å²) in [6.07, 6.45) is 10.2. The van der Waals surface area contributed by atoms with Gasteiger partial charge < -0.3 is 10.4 Å². The number of hydrogen-bond donors (Lipinski definition) is 2. The highest BCUT2D eigenvalue weighted by Crippen LogP contribution is 2.63. The highest BCUT2D eigenvalue weighted by Gasteiger charge is 2.52. The number of aliphatic hydroxyl groups excluding tert-OH is 1. The number of fused-ring (bicyclic) bond motifs is 5. The molecule has 0 unspecified atom stereocenters. The lowest BCUT2D eigenvalue weighted by Crippen LogP contribution is -2.41. The molecule has 5 atom stereocenters. The van der Waals surface area contributed by atoms with Gasteiger partial charge in [-0.25, -0.2) is 4.39 Å². The van der Waals surface area contributed by atoms with Gasteiger partial charge in [-0.05, 0) is 103 Å². The largest absolute Gasteiger partial charge is 0.392 e. The predicted molar refractivity (Wildman–Crippen MR) is 123 cm³/mol. The number of allylic oxidation sites excluding steroid dienone is 2. The van der Waals surface area contributed by atoms with Crippen molar-refractivity contribution in [3.63, 3.8) is 0 Å². The molecule has 0 radical (unpaired) electrons. The van der Waals surface area contributed by atoms with Crippen molar-refractivity contribution in [2.75, 3.05) is 6.54 Å². The molecule has 1 aromatic heterocycles. The Labute approximate surface area is 189 Å². The van der Waals surface area contributed by atoms with Crippen LogP contribution in [0.25, 0.3) is 5.57 Å². The van der Waals surface area contributed by atoms with Gasteiger partial charge in [0.15, 0.2) is 0 Å². The maximum absolute atomic E-state index is 13.9. The molecule has 3 aliphatic rings. The summed E-state index contributed by atoms with van der Waals surface area (Å²) in [5.74, 6) is 1.28. The summed E-state index contributed by atoms with van der Waals surface area (Å²) in [6, 6.07) is 7.77. The number of aliphatic hydroxyl groups is 1. The number of halogens is 1. The molecule has 32 heavy (non-hydrogen) atoms. The minimum Gasteiger partial charge on any atom is -0.392 e. The molecule has 5 rings (SSSR count). The standard InChI is InChI=1S/C27H31FN2O2/c1-16(31)13-30-26(32)18-4-5-21-17(11-18)3-6-23-22(21)9-10-27(2)24(7-8-25(23)27)19-12-20(28)15-29-14-19/h4-5,7,11-12,14-16,22-23,25,31H,3,6,8-10,13H2,1-2H3,(H,30,32)/t16-,22+,23+,25-,27+/m0/s1. The Morgan fingerprint density at radius 1 is 1.31 bits per heavy atom. The quantitative estimate of drug-likeness (QED) is 0.721. The summed E-state index contributed by atoms with van der Waals surface area (Å²) in [6.45, 7) is 4.29. The Kier molecular flexibility index (Phi) is 5.40. The number of nitrogens with zero attached hydrogens (tertiary/aromatic N) is 1. The highest BCUT2D eigenvalue weighted by atomic mass is 19.1. The fraction of sp³-hybridized carbons (Fsp3) is 0.481. The number of carbonyl (C=O) groups excluding carboxylic acids is 1. The van der Waals surface area contributed by atoms with E-state index in [4.69, 9.17) is 0 Å². The first-order chi connectivity index (χ1) is 15.4. The molecule has 0 spiro atoms. The normalized spacial score (nSPS) is 29.4. The first kappa shape index (κ1) is 21.3. The van der Waals surface area contributed by atoms with E-state index in [1.165, 1.54) is 22.9 Å². The maximum atomic E-state index is 13.9. The van der Waals surface area contributed by atoms with Crippen molar-refractivity contribution in [3.05, 3.63) is 70.8 Å². The summed E-state index contributed by atoms with van der Waals surface area (Å²) in [5.41, 5.74) is 5.62. The molecule has 0 aliphatic heterocycles. The average Bonchev–Trinajstić information content (AvgIpc) is 3.14. The number of aromatic nitrogens is 1. The van der Waals surface area contributed by atoms with Gasteiger partial charge in [0.1, 0.15) is 5.82 Å². The number of benzene rings is 1. The third kappa shape index (κ3) is 3.57. The molecule has 2 aromatic rings. The van der Waals surface area contributed by atoms with E-state index < -0.39 is 6.10 Å². The lowest BCUT2D eigenvalue weighted by molar-refractivity contribution is 0.0883. The highest BCUT2D eigenvalue weighted by molar-refractivity contribution is 5.94. The van der Waals surface area contributed by atoms with Crippen LogP contribution in [-0.2, 0) is 6.42 Å². The molecule has 2 N–H and O–H groups in total. The van der Waals surface area contributed by atoms with Crippen LogP contribution in [0, 0.1) is 23.1 Å². The summed E-state index contributed by atoms with van der Waals surface area (Å²) in [4.78, 5) is 16.5. The number of hydrogen-bond acceptors (Lipinski definition) is 3. The Balaban J connectivity index is 1.37. The van der Waals surface area contributed by atoms with E-state index in [0.717, 1.165) is 37.7 Å². The Bertz CT molecular complexity index is 1080. The van der Waals surface area contributed by atoms with Crippen molar-refractivity contribution in [2.45, 2.75) is 58.0 Å². The minimum absolute atomic E-state index is 0.0644. The van der Waals surface area contributed by atoms with Crippen molar-refractivity contribution in [1.29, 1.82) is 0 Å². The second-order valence-electron chi connectivity index (χ2n) is 10.1. The monoisotopic (exact) mass is 434 g/mol. The first-order valence-electron chi connectivity index (χ1n) is 11.8. The van der Waals surface area contributed by atoms with E-state index in [9.17, 15) is 14.3 Å². The van der Waals surface area contributed by atoms with E-state index in [0.29, 0.717) is 23.3 Å². The molecular formula is C27H31FN2O2. The number of carbonyl (C=O) groups is 1. The molecule has 3 aliphatic carbocycles. The van der Waals surface area contributed by atoms with Gasteiger partial charge in [-0.1, -0.05) is 19.1 Å². The van der Waals surface area contributed by atoms with Gasteiger partial charge in [-0.2, -0.15) is 0 Å². The fourth-order valence-corrected chi connectivity index (χ4v) is 6.64. The third-order valence-corrected chi connectivity index (χ3v) is 8.14. The number of nitrogens with one attached hydrogen (secondary N) is 1. The molecule has 0 bridgehead atoms. The zero-order valence-corrected chi connectivity index (χ0v) is 18.8. The zero-order chi connectivity index (χ0) is 22.5. The summed E-state index contributed by atoms with van der Waals surface area (Å²) in [5, 5.41) is 12.2. The van der Waals surface area contributed by atoms with Crippen LogP contribution in [0.5, 0.6) is 0 Å². The van der Waals surface area contributed by atoms with Gasteiger partial charge in [0.05, 0.1) is 12.3 Å². The molecule has 1 aromatic carbocycles. The Morgan fingerprint density at radius 3 is 2.94 bits per heavy atom. The molecule has 1 saturated carbocycles. The smallest absolute Gasteiger partial charge is 0.251 e. The van der Waals surface area contributed by atoms with Crippen LogP contribution < -0.4 is 5.32 Å². The molecule has 1 heterocycles. The molecule has 168 valence electrons. The van der Waals surface area contributed by atoms with Gasteiger partial charge in [-0.15, -0.1) is 0 Å². The molecule has 0 saturated heterocycles. The molecule has 4 nitrogen and oxygen atoms in total. The van der Waals surface area contributed by atoms with Crippen LogP contribution in [0.2, 0.25) is 0 Å². The zero-order valence-electron chi connectivity index (χ0n) is 18.8. The Hall–Kier alpha value is -2.53. The number of amides is 1. The first-order valence-corrected chi connectivity index (χ1v) is 11.8. The molecule has 1 fully saturated rings. The van der Waals surface area contributed by atoms with E-state index in [-0.39, 0.29) is 23.7 Å². The molecule has 1 amide bonds. The number of aryl methyl sites for hydroxylation is 1. The van der Waals surface area contributed by atoms with Crippen LogP contribution in [0.1, 0.15) is 72.5 Å². The van der Waals surface area contributed by atoms with E-state index in [1.807, 2.05) is 12.1 Å². The van der Waals surface area contributed by atoms with E-state index in [1.54, 1.807) is 19.2 Å². The fourth-order valence-electron chi connectivity index (χ4n) is 6.64.